The van der Waals surface area contributed by atoms with Crippen LogP contribution >= 0.6 is 0 Å². The topological polar surface area (TPSA) is 82.7 Å². The van der Waals surface area contributed by atoms with E-state index in [9.17, 15) is 9.59 Å². The van der Waals surface area contributed by atoms with Crippen LogP contribution in [-0.4, -0.2) is 25.6 Å². The minimum absolute atomic E-state index is 0.0476. The molecule has 3 aromatic carbocycles. The molecule has 34 heavy (non-hydrogen) atoms. The van der Waals surface area contributed by atoms with E-state index in [2.05, 4.69) is 33.0 Å². The molecule has 0 saturated heterocycles. The van der Waals surface area contributed by atoms with E-state index in [0.717, 1.165) is 53.3 Å². The Hall–Kier alpha value is -4.00. The highest BCUT2D eigenvalue weighted by Crippen LogP contribution is 2.36. The number of aryl methyl sites for hydroxylation is 1. The molecule has 1 heterocycles. The Bertz CT molecular complexity index is 1180. The molecule has 0 unspecified atom stereocenters. The van der Waals surface area contributed by atoms with Gasteiger partial charge in [0.15, 0.2) is 0 Å². The molecule has 0 bridgehead atoms. The SMILES string of the molecule is COc1ccccc1CNC(=O)Nc1ccc2c(c1)CCCN2c1ccccc1CNC(C)=O. The van der Waals surface area contributed by atoms with Crippen LogP contribution in [0, 0.1) is 0 Å². The molecule has 3 aromatic rings. The fraction of sp³-hybridized carbons (Fsp3) is 0.259. The fourth-order valence-corrected chi connectivity index (χ4v) is 4.27. The zero-order chi connectivity index (χ0) is 23.9. The van der Waals surface area contributed by atoms with E-state index in [4.69, 9.17) is 4.74 Å². The number of nitrogens with zero attached hydrogens (tertiary/aromatic N) is 1. The molecule has 1 aliphatic rings. The lowest BCUT2D eigenvalue weighted by atomic mass is 9.99. The van der Waals surface area contributed by atoms with Gasteiger partial charge in [-0.25, -0.2) is 4.79 Å². The molecule has 4 rings (SSSR count). The van der Waals surface area contributed by atoms with Crippen molar-refractivity contribution in [3.05, 3.63) is 83.4 Å². The molecule has 0 aromatic heterocycles. The number of benzene rings is 3. The number of methoxy groups -OCH3 is 1. The minimum Gasteiger partial charge on any atom is -0.496 e. The van der Waals surface area contributed by atoms with Crippen molar-refractivity contribution < 1.29 is 14.3 Å². The molecule has 176 valence electrons. The first-order valence-electron chi connectivity index (χ1n) is 11.4. The first-order chi connectivity index (χ1) is 16.5. The van der Waals surface area contributed by atoms with Crippen LogP contribution in [0.1, 0.15) is 30.0 Å². The Morgan fingerprint density at radius 3 is 2.44 bits per heavy atom. The Morgan fingerprint density at radius 1 is 0.912 bits per heavy atom. The second-order valence-corrected chi connectivity index (χ2v) is 8.26. The maximum absolute atomic E-state index is 12.5. The lowest BCUT2D eigenvalue weighted by Gasteiger charge is -2.33. The van der Waals surface area contributed by atoms with Gasteiger partial charge in [-0.1, -0.05) is 36.4 Å². The van der Waals surface area contributed by atoms with Gasteiger partial charge in [0.2, 0.25) is 5.91 Å². The maximum Gasteiger partial charge on any atom is 0.319 e. The van der Waals surface area contributed by atoms with Gasteiger partial charge in [0.1, 0.15) is 5.75 Å². The van der Waals surface area contributed by atoms with Crippen molar-refractivity contribution in [2.24, 2.45) is 0 Å². The highest BCUT2D eigenvalue weighted by atomic mass is 16.5. The minimum atomic E-state index is -0.265. The largest absolute Gasteiger partial charge is 0.496 e. The first kappa shape index (κ1) is 23.2. The van der Waals surface area contributed by atoms with Crippen LogP contribution < -0.4 is 25.6 Å². The quantitative estimate of drug-likeness (QED) is 0.478. The standard InChI is InChI=1S/C27H30N4O3/c1-19(32)28-17-21-8-3-5-11-24(21)31-15-7-10-20-16-23(13-14-25(20)31)30-27(33)29-18-22-9-4-6-12-26(22)34-2/h3-6,8-9,11-14,16H,7,10,15,17-18H2,1-2H3,(H,28,32)(H2,29,30,33). The van der Waals surface area contributed by atoms with Crippen molar-refractivity contribution in [3.8, 4) is 5.75 Å². The number of nitrogens with one attached hydrogen (secondary N) is 3. The third-order valence-corrected chi connectivity index (χ3v) is 5.90. The van der Waals surface area contributed by atoms with Crippen molar-refractivity contribution in [2.75, 3.05) is 23.9 Å². The molecule has 0 radical (unpaired) electrons. The number of carbonyl (C=O) groups is 2. The molecular weight excluding hydrogens is 428 g/mol. The van der Waals surface area contributed by atoms with E-state index in [1.54, 1.807) is 7.11 Å². The summed E-state index contributed by atoms with van der Waals surface area (Å²) in [6.45, 7) is 3.29. The van der Waals surface area contributed by atoms with E-state index >= 15 is 0 Å². The summed E-state index contributed by atoms with van der Waals surface area (Å²) in [6.07, 6.45) is 1.95. The Balaban J connectivity index is 1.46. The third kappa shape index (κ3) is 5.49. The highest BCUT2D eigenvalue weighted by molar-refractivity contribution is 5.90. The van der Waals surface area contributed by atoms with Crippen LogP contribution in [0.2, 0.25) is 0 Å². The summed E-state index contributed by atoms with van der Waals surface area (Å²) in [5.41, 5.74) is 6.14. The summed E-state index contributed by atoms with van der Waals surface area (Å²) in [5.74, 6) is 0.698. The zero-order valence-electron chi connectivity index (χ0n) is 19.6. The van der Waals surface area contributed by atoms with Crippen molar-refractivity contribution in [3.63, 3.8) is 0 Å². The van der Waals surface area contributed by atoms with E-state index in [1.807, 2.05) is 54.6 Å². The smallest absolute Gasteiger partial charge is 0.319 e. The van der Waals surface area contributed by atoms with Crippen LogP contribution in [0.25, 0.3) is 0 Å². The maximum atomic E-state index is 12.5. The highest BCUT2D eigenvalue weighted by Gasteiger charge is 2.21. The monoisotopic (exact) mass is 458 g/mol. The van der Waals surface area contributed by atoms with Gasteiger partial charge in [-0.3, -0.25) is 4.79 Å². The molecule has 0 spiro atoms. The van der Waals surface area contributed by atoms with E-state index < -0.39 is 0 Å². The van der Waals surface area contributed by atoms with Crippen molar-refractivity contribution in [2.45, 2.75) is 32.9 Å². The molecule has 0 aliphatic carbocycles. The van der Waals surface area contributed by atoms with Crippen molar-refractivity contribution in [1.82, 2.24) is 10.6 Å². The lowest BCUT2D eigenvalue weighted by molar-refractivity contribution is -0.119. The average molecular weight is 459 g/mol. The predicted octanol–water partition coefficient (Wildman–Crippen LogP) is 4.74. The molecule has 7 nitrogen and oxygen atoms in total. The van der Waals surface area contributed by atoms with Crippen molar-refractivity contribution >= 4 is 29.0 Å². The number of amides is 3. The van der Waals surface area contributed by atoms with Gasteiger partial charge in [0.25, 0.3) is 0 Å². The third-order valence-electron chi connectivity index (χ3n) is 5.90. The Morgan fingerprint density at radius 2 is 1.65 bits per heavy atom. The lowest BCUT2D eigenvalue weighted by Crippen LogP contribution is -2.29. The number of hydrogen-bond acceptors (Lipinski definition) is 4. The number of fused-ring (bicyclic) bond motifs is 1. The summed E-state index contributed by atoms with van der Waals surface area (Å²) in [4.78, 5) is 26.2. The number of rotatable bonds is 7. The van der Waals surface area contributed by atoms with Gasteiger partial charge in [0, 0.05) is 49.2 Å². The number of hydrogen-bond donors (Lipinski definition) is 3. The number of urea groups is 1. The van der Waals surface area contributed by atoms with Crippen LogP contribution in [0.4, 0.5) is 21.9 Å². The normalized spacial score (nSPS) is 12.5. The molecular formula is C27H30N4O3. The second-order valence-electron chi connectivity index (χ2n) is 8.26. The number of carbonyl (C=O) groups excluding carboxylic acids is 2. The summed E-state index contributed by atoms with van der Waals surface area (Å²) in [5, 5.41) is 8.73. The van der Waals surface area contributed by atoms with Gasteiger partial charge in [-0.15, -0.1) is 0 Å². The Labute approximate surface area is 200 Å². The van der Waals surface area contributed by atoms with Gasteiger partial charge >= 0.3 is 6.03 Å². The molecule has 0 fully saturated rings. The Kier molecular flexibility index (Phi) is 7.32. The van der Waals surface area contributed by atoms with Crippen LogP contribution in [0.5, 0.6) is 5.75 Å². The molecule has 3 amide bonds. The predicted molar refractivity (Wildman–Crippen MR) is 135 cm³/mol. The summed E-state index contributed by atoms with van der Waals surface area (Å²) < 4.78 is 5.34. The molecule has 7 heteroatoms. The zero-order valence-corrected chi connectivity index (χ0v) is 19.6. The van der Waals surface area contributed by atoms with E-state index in [1.165, 1.54) is 12.5 Å². The van der Waals surface area contributed by atoms with E-state index in [0.29, 0.717) is 13.1 Å². The second kappa shape index (κ2) is 10.7. The van der Waals surface area contributed by atoms with E-state index in [-0.39, 0.29) is 11.9 Å². The van der Waals surface area contributed by atoms with Crippen LogP contribution in [0.15, 0.2) is 66.7 Å². The summed E-state index contributed by atoms with van der Waals surface area (Å²) in [7, 11) is 1.62. The fourth-order valence-electron chi connectivity index (χ4n) is 4.27. The van der Waals surface area contributed by atoms with Gasteiger partial charge in [0.05, 0.1) is 7.11 Å². The van der Waals surface area contributed by atoms with Crippen molar-refractivity contribution in [1.29, 1.82) is 0 Å². The average Bonchev–Trinajstić information content (AvgIpc) is 2.86. The molecule has 0 atom stereocenters. The van der Waals surface area contributed by atoms with Gasteiger partial charge < -0.3 is 25.6 Å². The molecule has 3 N–H and O–H groups in total. The van der Waals surface area contributed by atoms with Crippen LogP contribution in [-0.2, 0) is 24.3 Å². The summed E-state index contributed by atoms with van der Waals surface area (Å²) in [6, 6.07) is 21.5. The van der Waals surface area contributed by atoms with Crippen LogP contribution in [0.3, 0.4) is 0 Å². The summed E-state index contributed by atoms with van der Waals surface area (Å²) >= 11 is 0. The first-order valence-corrected chi connectivity index (χ1v) is 11.4. The number of ether oxygens (including phenoxy) is 1. The van der Waals surface area contributed by atoms with Gasteiger partial charge in [-0.05, 0) is 54.3 Å². The van der Waals surface area contributed by atoms with Gasteiger partial charge in [-0.2, -0.15) is 0 Å². The molecule has 1 aliphatic heterocycles. The number of para-hydroxylation sites is 2. The number of anilines is 3. The molecule has 0 saturated carbocycles.